The molecule has 0 saturated carbocycles. The lowest BCUT2D eigenvalue weighted by Crippen LogP contribution is -2.48. The van der Waals surface area contributed by atoms with Crippen molar-refractivity contribution in [3.8, 4) is 0 Å². The maximum Gasteiger partial charge on any atom is 0.316 e. The Morgan fingerprint density at radius 3 is 2.68 bits per heavy atom. The Morgan fingerprint density at radius 1 is 1.32 bits per heavy atom. The molecule has 2 aliphatic heterocycles. The lowest BCUT2D eigenvalue weighted by atomic mass is 9.87. The summed E-state index contributed by atoms with van der Waals surface area (Å²) in [4.78, 5) is 11.1. The van der Waals surface area contributed by atoms with Crippen LogP contribution >= 0.6 is 0 Å². The Bertz CT molecular complexity index is 722. The molecule has 0 radical (unpaired) electrons. The minimum Gasteiger partial charge on any atom is -0.351 e. The number of primary amides is 1. The van der Waals surface area contributed by atoms with E-state index in [2.05, 4.69) is 23.1 Å². The summed E-state index contributed by atoms with van der Waals surface area (Å²) in [5.74, 6) is 0.277. The van der Waals surface area contributed by atoms with Gasteiger partial charge < -0.3 is 11.1 Å². The monoisotopic (exact) mass is 367 g/mol. The van der Waals surface area contributed by atoms with Gasteiger partial charge in [0.2, 0.25) is 10.0 Å². The molecule has 2 aliphatic rings. The quantitative estimate of drug-likeness (QED) is 0.615. The molecule has 0 spiro atoms. The van der Waals surface area contributed by atoms with E-state index >= 15 is 0 Å². The number of hydrazine groups is 1. The number of urea groups is 1. The van der Waals surface area contributed by atoms with Crippen LogP contribution in [0.3, 0.4) is 0 Å². The van der Waals surface area contributed by atoms with E-state index in [0.717, 1.165) is 19.3 Å². The van der Waals surface area contributed by atoms with Crippen LogP contribution in [0.4, 0.5) is 10.5 Å². The van der Waals surface area contributed by atoms with E-state index in [-0.39, 0.29) is 10.8 Å². The van der Waals surface area contributed by atoms with Crippen molar-refractivity contribution in [1.29, 1.82) is 0 Å². The molecule has 2 saturated heterocycles. The first kappa shape index (κ1) is 18.1. The Hall–Kier alpha value is -1.68. The van der Waals surface area contributed by atoms with E-state index in [9.17, 15) is 13.2 Å². The molecular formula is C16H25N5O3S. The highest BCUT2D eigenvalue weighted by molar-refractivity contribution is 7.89. The maximum atomic E-state index is 12.9. The normalized spacial score (nSPS) is 27.0. The molecular weight excluding hydrogens is 342 g/mol. The lowest BCUT2D eigenvalue weighted by Gasteiger charge is -2.35. The Labute approximate surface area is 148 Å². The number of benzene rings is 1. The number of fused-ring (bicyclic) bond motifs is 1. The molecule has 1 aromatic rings. The van der Waals surface area contributed by atoms with Crippen LogP contribution in [0.2, 0.25) is 0 Å². The Kier molecular flexibility index (Phi) is 5.28. The molecule has 8 nitrogen and oxygen atoms in total. The van der Waals surface area contributed by atoms with Crippen LogP contribution in [-0.4, -0.2) is 43.9 Å². The summed E-state index contributed by atoms with van der Waals surface area (Å²) in [5, 5.41) is 2.43. The molecule has 138 valence electrons. The van der Waals surface area contributed by atoms with E-state index in [1.54, 1.807) is 16.4 Å². The summed E-state index contributed by atoms with van der Waals surface area (Å²) >= 11 is 0. The van der Waals surface area contributed by atoms with Crippen LogP contribution in [0.1, 0.15) is 26.2 Å². The molecule has 3 rings (SSSR count). The predicted octanol–water partition coefficient (Wildman–Crippen LogP) is 0.833. The fourth-order valence-corrected chi connectivity index (χ4v) is 5.17. The molecule has 3 atom stereocenters. The highest BCUT2D eigenvalue weighted by Crippen LogP contribution is 2.30. The Balaban J connectivity index is 1.74. The summed E-state index contributed by atoms with van der Waals surface area (Å²) < 4.78 is 27.5. The van der Waals surface area contributed by atoms with Gasteiger partial charge in [-0.05, 0) is 37.1 Å². The summed E-state index contributed by atoms with van der Waals surface area (Å²) in [5.41, 5.74) is 12.2. The first-order valence-electron chi connectivity index (χ1n) is 8.59. The van der Waals surface area contributed by atoms with Crippen LogP contribution in [-0.2, 0) is 10.0 Å². The van der Waals surface area contributed by atoms with Crippen molar-refractivity contribution in [2.45, 2.75) is 43.2 Å². The minimum atomic E-state index is -3.55. The first-order chi connectivity index (χ1) is 11.9. The third-order valence-electron chi connectivity index (χ3n) is 4.95. The number of nitrogens with two attached hydrogens (primary N) is 1. The molecule has 0 aromatic heterocycles. The molecule has 2 fully saturated rings. The van der Waals surface area contributed by atoms with Gasteiger partial charge in [-0.1, -0.05) is 13.3 Å². The van der Waals surface area contributed by atoms with Gasteiger partial charge in [-0.2, -0.15) is 4.31 Å². The number of anilines is 1. The van der Waals surface area contributed by atoms with Crippen molar-refractivity contribution < 1.29 is 13.2 Å². The summed E-state index contributed by atoms with van der Waals surface area (Å²) in [6.45, 7) is 3.14. The highest BCUT2D eigenvalue weighted by atomic mass is 32.2. The summed E-state index contributed by atoms with van der Waals surface area (Å²) in [7, 11) is -3.55. The van der Waals surface area contributed by atoms with Crippen LogP contribution in [0.5, 0.6) is 0 Å². The number of carbonyl (C=O) groups excluding carboxylic acids is 1. The predicted molar refractivity (Wildman–Crippen MR) is 95.3 cm³/mol. The van der Waals surface area contributed by atoms with Gasteiger partial charge in [0.05, 0.1) is 4.90 Å². The van der Waals surface area contributed by atoms with Crippen LogP contribution in [0, 0.1) is 5.92 Å². The average molecular weight is 367 g/mol. The number of nitrogens with one attached hydrogen (secondary N) is 3. The van der Waals surface area contributed by atoms with Gasteiger partial charge in [-0.15, -0.1) is 0 Å². The van der Waals surface area contributed by atoms with Crippen molar-refractivity contribution >= 4 is 21.7 Å². The molecule has 25 heavy (non-hydrogen) atoms. The largest absolute Gasteiger partial charge is 0.351 e. The second-order valence-electron chi connectivity index (χ2n) is 6.62. The zero-order chi connectivity index (χ0) is 18.0. The SMILES string of the molecule is CCCC1NNC2CCN(S(=O)(=O)c3ccc(NC(N)=O)cc3)CC12. The van der Waals surface area contributed by atoms with Crippen LogP contribution < -0.4 is 21.9 Å². The van der Waals surface area contributed by atoms with Gasteiger partial charge in [0.15, 0.2) is 0 Å². The molecule has 0 bridgehead atoms. The molecule has 2 heterocycles. The van der Waals surface area contributed by atoms with Crippen LogP contribution in [0.15, 0.2) is 29.2 Å². The van der Waals surface area contributed by atoms with Crippen molar-refractivity contribution in [2.24, 2.45) is 11.7 Å². The van der Waals surface area contributed by atoms with E-state index in [1.165, 1.54) is 12.1 Å². The number of amides is 2. The van der Waals surface area contributed by atoms with Gasteiger partial charge in [-0.3, -0.25) is 10.9 Å². The van der Waals surface area contributed by atoms with E-state index in [4.69, 9.17) is 5.73 Å². The molecule has 1 aromatic carbocycles. The third kappa shape index (κ3) is 3.79. The van der Waals surface area contributed by atoms with Gasteiger partial charge in [-0.25, -0.2) is 13.2 Å². The molecule has 5 N–H and O–H groups in total. The fraction of sp³-hybridized carbons (Fsp3) is 0.562. The standard InChI is InChI=1S/C16H25N5O3S/c1-2-3-14-13-10-21(9-8-15(13)20-19-14)25(23,24)12-6-4-11(5-7-12)18-16(17)22/h4-7,13-15,19-20H,2-3,8-10H2,1H3,(H3,17,18,22). The van der Waals surface area contributed by atoms with E-state index in [1.807, 2.05) is 0 Å². The van der Waals surface area contributed by atoms with Crippen molar-refractivity contribution in [2.75, 3.05) is 18.4 Å². The average Bonchev–Trinajstić information content (AvgIpc) is 2.97. The van der Waals surface area contributed by atoms with Gasteiger partial charge in [0.1, 0.15) is 0 Å². The number of rotatable bonds is 5. The molecule has 9 heteroatoms. The number of carbonyl (C=O) groups is 1. The van der Waals surface area contributed by atoms with Gasteiger partial charge in [0, 0.05) is 36.8 Å². The second-order valence-corrected chi connectivity index (χ2v) is 8.56. The Morgan fingerprint density at radius 2 is 2.04 bits per heavy atom. The third-order valence-corrected chi connectivity index (χ3v) is 6.83. The summed E-state index contributed by atoms with van der Waals surface area (Å²) in [6.07, 6.45) is 2.87. The molecule has 3 unspecified atom stereocenters. The van der Waals surface area contributed by atoms with Crippen molar-refractivity contribution in [3.63, 3.8) is 0 Å². The lowest BCUT2D eigenvalue weighted by molar-refractivity contribution is 0.230. The zero-order valence-electron chi connectivity index (χ0n) is 14.2. The minimum absolute atomic E-state index is 0.229. The van der Waals surface area contributed by atoms with E-state index < -0.39 is 16.1 Å². The van der Waals surface area contributed by atoms with Crippen LogP contribution in [0.25, 0.3) is 0 Å². The number of hydrogen-bond acceptors (Lipinski definition) is 5. The number of nitrogens with zero attached hydrogens (tertiary/aromatic N) is 1. The number of sulfonamides is 1. The summed E-state index contributed by atoms with van der Waals surface area (Å²) in [6, 6.07) is 6.04. The molecule has 2 amide bonds. The van der Waals surface area contributed by atoms with Crippen molar-refractivity contribution in [1.82, 2.24) is 15.2 Å². The van der Waals surface area contributed by atoms with Crippen molar-refractivity contribution in [3.05, 3.63) is 24.3 Å². The second kappa shape index (κ2) is 7.28. The number of hydrogen-bond donors (Lipinski definition) is 4. The highest BCUT2D eigenvalue weighted by Gasteiger charge is 2.42. The first-order valence-corrected chi connectivity index (χ1v) is 10.0. The van der Waals surface area contributed by atoms with Gasteiger partial charge >= 0.3 is 6.03 Å². The topological polar surface area (TPSA) is 117 Å². The van der Waals surface area contributed by atoms with Gasteiger partial charge in [0.25, 0.3) is 0 Å². The zero-order valence-corrected chi connectivity index (χ0v) is 15.1. The molecule has 0 aliphatic carbocycles. The maximum absolute atomic E-state index is 12.9. The number of piperidine rings is 1. The fourth-order valence-electron chi connectivity index (χ4n) is 3.68. The van der Waals surface area contributed by atoms with E-state index in [0.29, 0.717) is 30.9 Å². The smallest absolute Gasteiger partial charge is 0.316 e.